The first-order valence-corrected chi connectivity index (χ1v) is 6.75. The summed E-state index contributed by atoms with van der Waals surface area (Å²) in [6.07, 6.45) is 0.106. The molecule has 0 aliphatic carbocycles. The Morgan fingerprint density at radius 3 is 2.81 bits per heavy atom. The highest BCUT2D eigenvalue weighted by Crippen LogP contribution is 2.19. The maximum atomic E-state index is 12.4. The van der Waals surface area contributed by atoms with E-state index in [4.69, 9.17) is 4.74 Å². The monoisotopic (exact) mass is 253 g/mol. The zero-order valence-electron chi connectivity index (χ0n) is 9.19. The number of halogens is 1. The van der Waals surface area contributed by atoms with Gasteiger partial charge in [0, 0.05) is 32.0 Å². The summed E-state index contributed by atoms with van der Waals surface area (Å²) in [4.78, 5) is 12.9. The van der Waals surface area contributed by atoms with Crippen LogP contribution in [0.5, 0.6) is 0 Å². The third-order valence-corrected chi connectivity index (χ3v) is 3.31. The van der Waals surface area contributed by atoms with Crippen LogP contribution in [0.2, 0.25) is 0 Å². The number of nitrogens with zero attached hydrogens (tertiary/aromatic N) is 1. The van der Waals surface area contributed by atoms with Crippen molar-refractivity contribution in [2.24, 2.45) is 5.92 Å². The highest BCUT2D eigenvalue weighted by molar-refractivity contribution is 7.86. The van der Waals surface area contributed by atoms with Gasteiger partial charge in [-0.15, -0.1) is 3.89 Å². The first-order chi connectivity index (χ1) is 7.42. The number of hydrogen-bond acceptors (Lipinski definition) is 4. The summed E-state index contributed by atoms with van der Waals surface area (Å²) in [5.74, 6) is -1.12. The van der Waals surface area contributed by atoms with E-state index in [0.717, 1.165) is 0 Å². The largest absolute Gasteiger partial charge is 0.380 e. The van der Waals surface area contributed by atoms with Crippen molar-refractivity contribution < 1.29 is 21.8 Å². The fourth-order valence-electron chi connectivity index (χ4n) is 1.78. The lowest BCUT2D eigenvalue weighted by Gasteiger charge is -2.15. The highest BCUT2D eigenvalue weighted by Gasteiger charge is 2.32. The van der Waals surface area contributed by atoms with Gasteiger partial charge in [0.05, 0.1) is 12.4 Å². The minimum atomic E-state index is -4.49. The molecule has 1 aliphatic heterocycles. The van der Waals surface area contributed by atoms with Gasteiger partial charge in [-0.05, 0) is 6.92 Å². The maximum absolute atomic E-state index is 12.4. The predicted octanol–water partition coefficient (Wildman–Crippen LogP) is 0.171. The molecule has 0 aromatic carbocycles. The van der Waals surface area contributed by atoms with Crippen LogP contribution >= 0.6 is 0 Å². The molecule has 1 rings (SSSR count). The van der Waals surface area contributed by atoms with E-state index in [0.29, 0.717) is 26.3 Å². The smallest absolute Gasteiger partial charge is 0.302 e. The molecule has 0 spiro atoms. The molecule has 16 heavy (non-hydrogen) atoms. The van der Waals surface area contributed by atoms with Crippen molar-refractivity contribution in [3.8, 4) is 0 Å². The van der Waals surface area contributed by atoms with Crippen LogP contribution in [0.1, 0.15) is 13.3 Å². The molecule has 1 amide bonds. The molecule has 0 saturated carbocycles. The summed E-state index contributed by atoms with van der Waals surface area (Å²) in [7, 11) is -4.49. The van der Waals surface area contributed by atoms with E-state index in [1.165, 1.54) is 4.90 Å². The topological polar surface area (TPSA) is 63.7 Å². The third kappa shape index (κ3) is 4.44. The molecule has 0 aromatic heterocycles. The van der Waals surface area contributed by atoms with E-state index >= 15 is 0 Å². The SMILES string of the molecule is CCOCCN1CC(CS(=O)(=O)F)CC1=O. The second kappa shape index (κ2) is 5.58. The molecule has 5 nitrogen and oxygen atoms in total. The Balaban J connectivity index is 2.38. The normalized spacial score (nSPS) is 21.8. The van der Waals surface area contributed by atoms with Crippen molar-refractivity contribution in [1.82, 2.24) is 4.90 Å². The predicted molar refractivity (Wildman–Crippen MR) is 56.1 cm³/mol. The Hall–Kier alpha value is -0.690. The molecular formula is C9H16FNO4S. The Bertz CT molecular complexity index is 343. The molecule has 0 N–H and O–H groups in total. The number of hydrogen-bond donors (Lipinski definition) is 0. The molecule has 94 valence electrons. The zero-order valence-corrected chi connectivity index (χ0v) is 10.0. The summed E-state index contributed by atoms with van der Waals surface area (Å²) in [6, 6.07) is 0. The first kappa shape index (κ1) is 13.4. The van der Waals surface area contributed by atoms with Gasteiger partial charge in [-0.1, -0.05) is 0 Å². The summed E-state index contributed by atoms with van der Waals surface area (Å²) < 4.78 is 38.4. The molecular weight excluding hydrogens is 237 g/mol. The van der Waals surface area contributed by atoms with E-state index in [9.17, 15) is 17.1 Å². The summed E-state index contributed by atoms with van der Waals surface area (Å²) in [5, 5.41) is 0. The van der Waals surface area contributed by atoms with Crippen molar-refractivity contribution in [3.63, 3.8) is 0 Å². The molecule has 1 atom stereocenters. The third-order valence-electron chi connectivity index (χ3n) is 2.44. The lowest BCUT2D eigenvalue weighted by molar-refractivity contribution is -0.128. The number of ether oxygens (including phenoxy) is 1. The average molecular weight is 253 g/mol. The molecule has 7 heteroatoms. The Labute approximate surface area is 94.8 Å². The van der Waals surface area contributed by atoms with Gasteiger partial charge < -0.3 is 9.64 Å². The number of amides is 1. The van der Waals surface area contributed by atoms with Gasteiger partial charge in [0.25, 0.3) is 0 Å². The Morgan fingerprint density at radius 2 is 2.25 bits per heavy atom. The van der Waals surface area contributed by atoms with Crippen molar-refractivity contribution >= 4 is 16.1 Å². The van der Waals surface area contributed by atoms with Crippen LogP contribution in [0.4, 0.5) is 3.89 Å². The standard InChI is InChI=1S/C9H16FNO4S/c1-2-15-4-3-11-6-8(5-9(11)12)7-16(10,13)14/h8H,2-7H2,1H3. The van der Waals surface area contributed by atoms with Crippen LogP contribution in [0.3, 0.4) is 0 Å². The van der Waals surface area contributed by atoms with Gasteiger partial charge in [0.1, 0.15) is 0 Å². The van der Waals surface area contributed by atoms with E-state index in [2.05, 4.69) is 0 Å². The zero-order chi connectivity index (χ0) is 12.2. The fourth-order valence-corrected chi connectivity index (χ4v) is 2.57. The van der Waals surface area contributed by atoms with Gasteiger partial charge in [-0.25, -0.2) is 0 Å². The molecule has 0 aromatic rings. The van der Waals surface area contributed by atoms with Gasteiger partial charge in [-0.2, -0.15) is 8.42 Å². The van der Waals surface area contributed by atoms with Gasteiger partial charge >= 0.3 is 10.2 Å². The van der Waals surface area contributed by atoms with E-state index < -0.39 is 21.9 Å². The second-order valence-electron chi connectivity index (χ2n) is 3.81. The molecule has 1 saturated heterocycles. The average Bonchev–Trinajstić information content (AvgIpc) is 2.44. The molecule has 0 radical (unpaired) electrons. The van der Waals surface area contributed by atoms with Crippen LogP contribution < -0.4 is 0 Å². The van der Waals surface area contributed by atoms with Crippen LogP contribution in [-0.4, -0.2) is 51.3 Å². The minimum Gasteiger partial charge on any atom is -0.380 e. The number of likely N-dealkylation sites (tertiary alicyclic amines) is 1. The molecule has 1 unspecified atom stereocenters. The summed E-state index contributed by atoms with van der Waals surface area (Å²) in [6.45, 7) is 3.59. The fraction of sp³-hybridized carbons (Fsp3) is 0.889. The van der Waals surface area contributed by atoms with Crippen LogP contribution in [0, 0.1) is 5.92 Å². The number of carbonyl (C=O) groups excluding carboxylic acids is 1. The lowest BCUT2D eigenvalue weighted by atomic mass is 10.1. The number of carbonyl (C=O) groups is 1. The quantitative estimate of drug-likeness (QED) is 0.500. The first-order valence-electron chi connectivity index (χ1n) is 5.20. The van der Waals surface area contributed by atoms with E-state index in [1.807, 2.05) is 6.92 Å². The second-order valence-corrected chi connectivity index (χ2v) is 5.22. The Morgan fingerprint density at radius 1 is 1.56 bits per heavy atom. The van der Waals surface area contributed by atoms with Crippen LogP contribution in [0.15, 0.2) is 0 Å². The minimum absolute atomic E-state index is 0.106. The summed E-state index contributed by atoms with van der Waals surface area (Å²) >= 11 is 0. The van der Waals surface area contributed by atoms with Crippen LogP contribution in [-0.2, 0) is 19.8 Å². The molecule has 1 fully saturated rings. The van der Waals surface area contributed by atoms with Crippen molar-refractivity contribution in [1.29, 1.82) is 0 Å². The van der Waals surface area contributed by atoms with Crippen molar-refractivity contribution in [2.45, 2.75) is 13.3 Å². The van der Waals surface area contributed by atoms with Gasteiger partial charge in [0.15, 0.2) is 0 Å². The summed E-state index contributed by atoms with van der Waals surface area (Å²) in [5.41, 5.74) is 0. The van der Waals surface area contributed by atoms with Crippen LogP contribution in [0.25, 0.3) is 0 Å². The Kier molecular flexibility index (Phi) is 4.67. The van der Waals surface area contributed by atoms with Crippen molar-refractivity contribution in [3.05, 3.63) is 0 Å². The van der Waals surface area contributed by atoms with E-state index in [1.54, 1.807) is 0 Å². The highest BCUT2D eigenvalue weighted by atomic mass is 32.3. The van der Waals surface area contributed by atoms with E-state index in [-0.39, 0.29) is 12.3 Å². The van der Waals surface area contributed by atoms with Crippen molar-refractivity contribution in [2.75, 3.05) is 32.1 Å². The number of rotatable bonds is 6. The maximum Gasteiger partial charge on any atom is 0.302 e. The molecule has 1 heterocycles. The molecule has 0 bridgehead atoms. The molecule has 1 aliphatic rings. The lowest BCUT2D eigenvalue weighted by Crippen LogP contribution is -2.29. The van der Waals surface area contributed by atoms with Gasteiger partial charge in [-0.3, -0.25) is 4.79 Å². The van der Waals surface area contributed by atoms with Gasteiger partial charge in [0.2, 0.25) is 5.91 Å².